The van der Waals surface area contributed by atoms with Gasteiger partial charge in [-0.2, -0.15) is 0 Å². The molecule has 1 rings (SSSR count). The molecule has 1 aromatic heterocycles. The summed E-state index contributed by atoms with van der Waals surface area (Å²) in [6.07, 6.45) is 3.50. The highest BCUT2D eigenvalue weighted by Gasteiger charge is 2.14. The number of carbonyl (C=O) groups is 1. The van der Waals surface area contributed by atoms with Crippen molar-refractivity contribution in [1.29, 1.82) is 0 Å². The second-order valence-corrected chi connectivity index (χ2v) is 3.50. The molecule has 0 aliphatic heterocycles. The third-order valence-corrected chi connectivity index (χ3v) is 2.35. The number of carbonyl (C=O) groups excluding carboxylic acids is 1. The lowest BCUT2D eigenvalue weighted by molar-refractivity contribution is -0.122. The molecule has 1 heterocycles. The number of nitrogens with zero attached hydrogens (tertiary/aromatic N) is 1. The first-order valence-corrected chi connectivity index (χ1v) is 5.02. The van der Waals surface area contributed by atoms with E-state index in [1.165, 1.54) is 0 Å². The Kier molecular flexibility index (Phi) is 4.24. The van der Waals surface area contributed by atoms with Gasteiger partial charge in [0.2, 0.25) is 5.91 Å². The molecule has 0 spiro atoms. The van der Waals surface area contributed by atoms with E-state index < -0.39 is 0 Å². The lowest BCUT2D eigenvalue weighted by Crippen LogP contribution is -2.41. The van der Waals surface area contributed by atoms with Crippen molar-refractivity contribution in [3.63, 3.8) is 0 Å². The number of hydrogen-bond acceptors (Lipinski definition) is 3. The monoisotopic (exact) mass is 207 g/mol. The summed E-state index contributed by atoms with van der Waals surface area (Å²) in [4.78, 5) is 15.2. The minimum absolute atomic E-state index is 0.00379. The zero-order chi connectivity index (χ0) is 11.3. The van der Waals surface area contributed by atoms with Crippen LogP contribution in [0.4, 0.5) is 0 Å². The number of likely N-dealkylation sites (N-methyl/N-ethyl adjacent to an activating group) is 1. The topological polar surface area (TPSA) is 54.0 Å². The molecule has 0 fully saturated rings. The molecular weight excluding hydrogens is 190 g/mol. The summed E-state index contributed by atoms with van der Waals surface area (Å²) < 4.78 is 0. The summed E-state index contributed by atoms with van der Waals surface area (Å²) in [5.41, 5.74) is 1.13. The van der Waals surface area contributed by atoms with Crippen LogP contribution in [0.2, 0.25) is 0 Å². The number of amides is 1. The van der Waals surface area contributed by atoms with Crippen LogP contribution in [0, 0.1) is 0 Å². The first-order chi connectivity index (χ1) is 7.15. The van der Waals surface area contributed by atoms with Gasteiger partial charge in [-0.25, -0.2) is 0 Å². The Bertz CT molecular complexity index is 313. The minimum Gasteiger partial charge on any atom is -0.358 e. The molecule has 0 radical (unpaired) electrons. The average molecular weight is 207 g/mol. The van der Waals surface area contributed by atoms with Crippen LogP contribution in [0.1, 0.15) is 25.5 Å². The molecule has 0 saturated heterocycles. The molecule has 2 unspecified atom stereocenters. The number of nitrogens with one attached hydrogen (secondary N) is 2. The van der Waals surface area contributed by atoms with Crippen LogP contribution in [-0.2, 0) is 4.79 Å². The first kappa shape index (κ1) is 11.7. The fourth-order valence-electron chi connectivity index (χ4n) is 1.42. The molecule has 0 aliphatic carbocycles. The maximum absolute atomic E-state index is 11.3. The van der Waals surface area contributed by atoms with Gasteiger partial charge in [-0.3, -0.25) is 15.1 Å². The Hall–Kier alpha value is -1.42. The van der Waals surface area contributed by atoms with Crippen molar-refractivity contribution in [3.05, 3.63) is 30.1 Å². The number of pyridine rings is 1. The maximum atomic E-state index is 11.3. The molecule has 2 N–H and O–H groups in total. The highest BCUT2D eigenvalue weighted by atomic mass is 16.2. The van der Waals surface area contributed by atoms with Crippen molar-refractivity contribution in [2.75, 3.05) is 7.05 Å². The minimum atomic E-state index is -0.196. The lowest BCUT2D eigenvalue weighted by Gasteiger charge is -2.18. The van der Waals surface area contributed by atoms with Crippen molar-refractivity contribution < 1.29 is 4.79 Å². The average Bonchev–Trinajstić information content (AvgIpc) is 2.29. The van der Waals surface area contributed by atoms with E-state index in [4.69, 9.17) is 0 Å². The van der Waals surface area contributed by atoms with Crippen LogP contribution >= 0.6 is 0 Å². The molecule has 1 aromatic rings. The molecule has 1 amide bonds. The standard InChI is InChI=1S/C11H17N3O/c1-8(10-4-6-13-7-5-10)14-9(2)11(15)12-3/h4-9,14H,1-3H3,(H,12,15). The summed E-state index contributed by atoms with van der Waals surface area (Å²) in [5.74, 6) is -0.00379. The molecule has 82 valence electrons. The van der Waals surface area contributed by atoms with Crippen LogP contribution < -0.4 is 10.6 Å². The van der Waals surface area contributed by atoms with Gasteiger partial charge in [-0.1, -0.05) is 0 Å². The van der Waals surface area contributed by atoms with Gasteiger partial charge in [0, 0.05) is 25.5 Å². The summed E-state index contributed by atoms with van der Waals surface area (Å²) in [7, 11) is 1.64. The van der Waals surface area contributed by atoms with E-state index in [1.807, 2.05) is 26.0 Å². The van der Waals surface area contributed by atoms with Gasteiger partial charge < -0.3 is 5.32 Å². The van der Waals surface area contributed by atoms with Gasteiger partial charge in [0.05, 0.1) is 6.04 Å². The van der Waals surface area contributed by atoms with Gasteiger partial charge in [0.15, 0.2) is 0 Å². The smallest absolute Gasteiger partial charge is 0.236 e. The normalized spacial score (nSPS) is 14.3. The predicted molar refractivity (Wildman–Crippen MR) is 59.3 cm³/mol. The van der Waals surface area contributed by atoms with Crippen molar-refractivity contribution in [3.8, 4) is 0 Å². The molecule has 0 bridgehead atoms. The molecule has 0 aliphatic rings. The molecule has 0 aromatic carbocycles. The van der Waals surface area contributed by atoms with Crippen LogP contribution in [0.3, 0.4) is 0 Å². The Labute approximate surface area is 90.1 Å². The Morgan fingerprint density at radius 2 is 1.93 bits per heavy atom. The van der Waals surface area contributed by atoms with E-state index >= 15 is 0 Å². The van der Waals surface area contributed by atoms with Gasteiger partial charge in [-0.15, -0.1) is 0 Å². The Morgan fingerprint density at radius 1 is 1.33 bits per heavy atom. The quantitative estimate of drug-likeness (QED) is 0.770. The predicted octanol–water partition coefficient (Wildman–Crippen LogP) is 0.867. The zero-order valence-electron chi connectivity index (χ0n) is 9.32. The van der Waals surface area contributed by atoms with Gasteiger partial charge in [-0.05, 0) is 31.5 Å². The van der Waals surface area contributed by atoms with Crippen molar-refractivity contribution in [2.45, 2.75) is 25.9 Å². The van der Waals surface area contributed by atoms with Crippen molar-refractivity contribution in [2.24, 2.45) is 0 Å². The SMILES string of the molecule is CNC(=O)C(C)NC(C)c1ccncc1. The van der Waals surface area contributed by atoms with Gasteiger partial charge in [0.1, 0.15) is 0 Å². The molecular formula is C11H17N3O. The molecule has 4 heteroatoms. The van der Waals surface area contributed by atoms with Crippen LogP contribution in [-0.4, -0.2) is 24.0 Å². The van der Waals surface area contributed by atoms with E-state index in [1.54, 1.807) is 19.4 Å². The van der Waals surface area contributed by atoms with E-state index in [0.29, 0.717) is 0 Å². The fourth-order valence-corrected chi connectivity index (χ4v) is 1.42. The third-order valence-electron chi connectivity index (χ3n) is 2.35. The summed E-state index contributed by atoms with van der Waals surface area (Å²) >= 11 is 0. The van der Waals surface area contributed by atoms with Crippen LogP contribution in [0.15, 0.2) is 24.5 Å². The lowest BCUT2D eigenvalue weighted by atomic mass is 10.1. The Morgan fingerprint density at radius 3 is 2.47 bits per heavy atom. The third kappa shape index (κ3) is 3.32. The van der Waals surface area contributed by atoms with E-state index in [9.17, 15) is 4.79 Å². The number of rotatable bonds is 4. The second kappa shape index (κ2) is 5.46. The van der Waals surface area contributed by atoms with Crippen LogP contribution in [0.25, 0.3) is 0 Å². The fraction of sp³-hybridized carbons (Fsp3) is 0.455. The summed E-state index contributed by atoms with van der Waals surface area (Å²) in [6, 6.07) is 3.82. The van der Waals surface area contributed by atoms with Crippen molar-refractivity contribution in [1.82, 2.24) is 15.6 Å². The zero-order valence-corrected chi connectivity index (χ0v) is 9.32. The van der Waals surface area contributed by atoms with Crippen molar-refractivity contribution >= 4 is 5.91 Å². The second-order valence-electron chi connectivity index (χ2n) is 3.50. The van der Waals surface area contributed by atoms with Crippen LogP contribution in [0.5, 0.6) is 0 Å². The summed E-state index contributed by atoms with van der Waals surface area (Å²) in [6.45, 7) is 3.87. The Balaban J connectivity index is 2.56. The number of aromatic nitrogens is 1. The first-order valence-electron chi connectivity index (χ1n) is 5.02. The van der Waals surface area contributed by atoms with Gasteiger partial charge >= 0.3 is 0 Å². The van der Waals surface area contributed by atoms with Gasteiger partial charge in [0.25, 0.3) is 0 Å². The molecule has 2 atom stereocenters. The number of hydrogen-bond donors (Lipinski definition) is 2. The highest BCUT2D eigenvalue weighted by molar-refractivity contribution is 5.80. The maximum Gasteiger partial charge on any atom is 0.236 e. The van der Waals surface area contributed by atoms with E-state index in [-0.39, 0.29) is 18.0 Å². The highest BCUT2D eigenvalue weighted by Crippen LogP contribution is 2.10. The molecule has 4 nitrogen and oxygen atoms in total. The van der Waals surface area contributed by atoms with E-state index in [0.717, 1.165) is 5.56 Å². The summed E-state index contributed by atoms with van der Waals surface area (Å²) in [5, 5.41) is 5.81. The largest absolute Gasteiger partial charge is 0.358 e. The van der Waals surface area contributed by atoms with E-state index in [2.05, 4.69) is 15.6 Å². The molecule has 0 saturated carbocycles. The molecule has 15 heavy (non-hydrogen) atoms.